The summed E-state index contributed by atoms with van der Waals surface area (Å²) in [5.74, 6) is -0.634. The van der Waals surface area contributed by atoms with Crippen LogP contribution in [0.2, 0.25) is 58.9 Å². The van der Waals surface area contributed by atoms with E-state index in [-0.39, 0.29) is 6.10 Å². The zero-order valence-corrected chi connectivity index (χ0v) is 18.2. The van der Waals surface area contributed by atoms with Gasteiger partial charge in [-0.25, -0.2) is 0 Å². The van der Waals surface area contributed by atoms with Crippen molar-refractivity contribution in [3.8, 4) is 0 Å². The minimum absolute atomic E-state index is 0.0752. The van der Waals surface area contributed by atoms with Crippen molar-refractivity contribution in [2.45, 2.75) is 76.6 Å². The highest BCUT2D eigenvalue weighted by Gasteiger charge is 2.62. The van der Waals surface area contributed by atoms with Crippen LogP contribution >= 0.6 is 0 Å². The average molecular weight is 348 g/mol. The van der Waals surface area contributed by atoms with Gasteiger partial charge in [0.15, 0.2) is 8.32 Å². The van der Waals surface area contributed by atoms with Crippen LogP contribution in [-0.2, 0) is 9.22 Å². The number of carbonyl (C=O) groups is 1. The second-order valence-electron chi connectivity index (χ2n) is 9.25. The van der Waals surface area contributed by atoms with E-state index in [0.717, 1.165) is 6.54 Å². The van der Waals surface area contributed by atoms with Gasteiger partial charge in [-0.2, -0.15) is 0 Å². The van der Waals surface area contributed by atoms with Gasteiger partial charge in [0.05, 0.1) is 14.2 Å². The number of nitrogens with zero attached hydrogens (tertiary/aromatic N) is 1. The number of rotatable bonds is 5. The molecule has 1 rings (SSSR count). The normalized spacial score (nSPS) is 28.9. The molecule has 1 heterocycles. The van der Waals surface area contributed by atoms with Crippen molar-refractivity contribution in [2.75, 3.05) is 6.54 Å². The van der Waals surface area contributed by atoms with Crippen LogP contribution in [0.4, 0.5) is 0 Å². The molecule has 1 N–H and O–H groups in total. The van der Waals surface area contributed by atoms with Crippen molar-refractivity contribution < 1.29 is 14.3 Å². The molecule has 0 aromatic carbocycles. The first-order chi connectivity index (χ1) is 9.11. The van der Waals surface area contributed by atoms with Crippen molar-refractivity contribution in [3.05, 3.63) is 0 Å². The van der Waals surface area contributed by atoms with E-state index in [9.17, 15) is 9.90 Å². The Kier molecular flexibility index (Phi) is 5.08. The Hall–Kier alpha value is 0.0406. The average Bonchev–Trinajstić information content (AvgIpc) is 2.53. The van der Waals surface area contributed by atoms with Crippen LogP contribution in [0, 0.1) is 0 Å². The zero-order chi connectivity index (χ0) is 16.9. The summed E-state index contributed by atoms with van der Waals surface area (Å²) >= 11 is 0. The van der Waals surface area contributed by atoms with Gasteiger partial charge >= 0.3 is 5.97 Å². The second kappa shape index (κ2) is 5.59. The van der Waals surface area contributed by atoms with Crippen LogP contribution in [0.25, 0.3) is 0 Å². The Balaban J connectivity index is 3.28. The van der Waals surface area contributed by atoms with Crippen molar-refractivity contribution in [3.63, 3.8) is 0 Å². The Morgan fingerprint density at radius 3 is 1.81 bits per heavy atom. The summed E-state index contributed by atoms with van der Waals surface area (Å²) in [5.41, 5.74) is 0. The molecule has 0 aromatic rings. The topological polar surface area (TPSA) is 49.8 Å². The maximum absolute atomic E-state index is 12.3. The maximum Gasteiger partial charge on any atom is 0.320 e. The summed E-state index contributed by atoms with van der Waals surface area (Å²) in [5, 5.41) is 9.44. The van der Waals surface area contributed by atoms with E-state index in [1.807, 2.05) is 0 Å². The minimum atomic E-state index is -1.93. The first-order valence-corrected chi connectivity index (χ1v) is 18.2. The van der Waals surface area contributed by atoms with Crippen molar-refractivity contribution in [1.82, 2.24) is 4.57 Å². The van der Waals surface area contributed by atoms with Gasteiger partial charge in [0, 0.05) is 6.54 Å². The van der Waals surface area contributed by atoms with Crippen molar-refractivity contribution in [1.29, 1.82) is 0 Å². The third-order valence-corrected chi connectivity index (χ3v) is 10.9. The smallest absolute Gasteiger partial charge is 0.320 e. The van der Waals surface area contributed by atoms with E-state index >= 15 is 0 Å². The first-order valence-electron chi connectivity index (χ1n) is 7.80. The number of carboxylic acid groups (broad SMARTS) is 1. The second-order valence-corrected chi connectivity index (χ2v) is 23.9. The number of hydrogen-bond acceptors (Lipinski definition) is 3. The fourth-order valence-electron chi connectivity index (χ4n) is 3.52. The van der Waals surface area contributed by atoms with Crippen LogP contribution in [-0.4, -0.2) is 58.1 Å². The van der Waals surface area contributed by atoms with Crippen LogP contribution in [0.15, 0.2) is 0 Å². The summed E-state index contributed by atoms with van der Waals surface area (Å²) in [6.07, 6.45) is 0.735. The maximum atomic E-state index is 12.3. The molecule has 1 saturated heterocycles. The summed E-state index contributed by atoms with van der Waals surface area (Å²) in [4.78, 5) is 12.3. The molecule has 21 heavy (non-hydrogen) atoms. The van der Waals surface area contributed by atoms with Crippen molar-refractivity contribution in [2.24, 2.45) is 0 Å². The highest BCUT2D eigenvalue weighted by Crippen LogP contribution is 2.42. The van der Waals surface area contributed by atoms with Gasteiger partial charge < -0.3 is 14.1 Å². The predicted octanol–water partition coefficient (Wildman–Crippen LogP) is 3.45. The van der Waals surface area contributed by atoms with Crippen molar-refractivity contribution >= 4 is 30.6 Å². The van der Waals surface area contributed by atoms with Crippen LogP contribution in [0.3, 0.4) is 0 Å². The zero-order valence-electron chi connectivity index (χ0n) is 15.2. The lowest BCUT2D eigenvalue weighted by atomic mass is 10.2. The third-order valence-electron chi connectivity index (χ3n) is 4.29. The summed E-state index contributed by atoms with van der Waals surface area (Å²) in [7, 11) is -5.31. The highest BCUT2D eigenvalue weighted by molar-refractivity contribution is 6.85. The molecule has 4 nitrogen and oxygen atoms in total. The molecule has 7 heteroatoms. The molecule has 124 valence electrons. The number of carboxylic acids is 1. The van der Waals surface area contributed by atoms with E-state index in [0.29, 0.717) is 6.42 Å². The number of aliphatic carboxylic acids is 1. The molecular weight excluding hydrogens is 314 g/mol. The lowest BCUT2D eigenvalue weighted by molar-refractivity contribution is -0.143. The van der Waals surface area contributed by atoms with Gasteiger partial charge in [-0.1, -0.05) is 39.3 Å². The standard InChI is InChI=1S/C14H33NO3Si3/c1-19(2,3)14(13(16)17)10-12(18-21(7,8)9)11-15(14)20(4,5)6/h12H,10-11H2,1-9H3,(H,16,17)/t12-,14+/m1/s1. The Morgan fingerprint density at radius 1 is 1.10 bits per heavy atom. The van der Waals surface area contributed by atoms with Gasteiger partial charge in [-0.15, -0.1) is 0 Å². The molecular formula is C14H33NO3Si3. The van der Waals surface area contributed by atoms with Gasteiger partial charge in [0.2, 0.25) is 0 Å². The van der Waals surface area contributed by atoms with Gasteiger partial charge in [-0.05, 0) is 26.1 Å². The lowest BCUT2D eigenvalue weighted by Gasteiger charge is -2.48. The molecule has 1 aliphatic heterocycles. The quantitative estimate of drug-likeness (QED) is 0.774. The van der Waals surface area contributed by atoms with Crippen LogP contribution in [0.1, 0.15) is 6.42 Å². The largest absolute Gasteiger partial charge is 0.480 e. The van der Waals surface area contributed by atoms with E-state index in [1.165, 1.54) is 0 Å². The fraction of sp³-hybridized carbons (Fsp3) is 0.929. The van der Waals surface area contributed by atoms with E-state index < -0.39 is 35.8 Å². The van der Waals surface area contributed by atoms with E-state index in [2.05, 4.69) is 63.5 Å². The van der Waals surface area contributed by atoms with Crippen LogP contribution < -0.4 is 0 Å². The first kappa shape index (κ1) is 19.1. The van der Waals surface area contributed by atoms with Gasteiger partial charge in [-0.3, -0.25) is 4.79 Å². The molecule has 0 bridgehead atoms. The molecule has 0 unspecified atom stereocenters. The van der Waals surface area contributed by atoms with E-state index in [1.54, 1.807) is 0 Å². The summed E-state index contributed by atoms with van der Waals surface area (Å²) < 4.78 is 8.65. The molecule has 1 fully saturated rings. The van der Waals surface area contributed by atoms with Gasteiger partial charge in [0.25, 0.3) is 0 Å². The monoisotopic (exact) mass is 347 g/mol. The molecule has 2 atom stereocenters. The van der Waals surface area contributed by atoms with Crippen LogP contribution in [0.5, 0.6) is 0 Å². The summed E-state index contributed by atoms with van der Waals surface area (Å²) in [6.45, 7) is 20.6. The SMILES string of the molecule is C[Si](C)(C)O[C@H]1CN([Si](C)(C)C)[C@](C(=O)O)([Si](C)(C)C)C1. The molecule has 0 amide bonds. The minimum Gasteiger partial charge on any atom is -0.480 e. The highest BCUT2D eigenvalue weighted by atomic mass is 28.4. The molecule has 1 aliphatic rings. The molecule has 0 radical (unpaired) electrons. The predicted molar refractivity (Wildman–Crippen MR) is 96.6 cm³/mol. The Labute approximate surface area is 133 Å². The number of hydrogen-bond donors (Lipinski definition) is 1. The Bertz CT molecular complexity index is 409. The van der Waals surface area contributed by atoms with Gasteiger partial charge in [0.1, 0.15) is 13.4 Å². The molecule has 0 spiro atoms. The van der Waals surface area contributed by atoms with E-state index in [4.69, 9.17) is 4.43 Å². The third kappa shape index (κ3) is 3.87. The molecule has 0 aliphatic carbocycles. The lowest BCUT2D eigenvalue weighted by Crippen LogP contribution is -2.70. The molecule has 0 saturated carbocycles. The summed E-state index contributed by atoms with van der Waals surface area (Å²) in [6, 6.07) is 0. The fourth-order valence-corrected chi connectivity index (χ4v) is 11.2. The Morgan fingerprint density at radius 2 is 1.57 bits per heavy atom. The molecule has 0 aromatic heterocycles.